The summed E-state index contributed by atoms with van der Waals surface area (Å²) in [6, 6.07) is 14.5. The van der Waals surface area contributed by atoms with Crippen LogP contribution in [0, 0.1) is 6.92 Å². The number of hydrogen-bond acceptors (Lipinski definition) is 4. The highest BCUT2D eigenvalue weighted by Gasteiger charge is 2.10. The number of anilines is 3. The second-order valence-corrected chi connectivity index (χ2v) is 6.17. The number of pyridine rings is 1. The summed E-state index contributed by atoms with van der Waals surface area (Å²) in [5.41, 5.74) is 7.19. The fourth-order valence-corrected chi connectivity index (χ4v) is 2.99. The SMILES string of the molecule is Cc1cc(Nc2cccc(N(C)C)c2)c2c(ccc3ncnc32)[nH]1. The molecule has 2 aromatic carbocycles. The van der Waals surface area contributed by atoms with Gasteiger partial charge in [-0.1, -0.05) is 6.07 Å². The second kappa shape index (κ2) is 5.53. The molecule has 2 aromatic heterocycles. The normalized spacial score (nSPS) is 11.1. The highest BCUT2D eigenvalue weighted by atomic mass is 15.1. The van der Waals surface area contributed by atoms with E-state index >= 15 is 0 Å². The fourth-order valence-electron chi connectivity index (χ4n) is 2.99. The van der Waals surface area contributed by atoms with Crippen LogP contribution in [-0.4, -0.2) is 29.0 Å². The second-order valence-electron chi connectivity index (χ2n) is 6.17. The molecule has 2 heterocycles. The molecule has 120 valence electrons. The van der Waals surface area contributed by atoms with E-state index in [1.807, 2.05) is 20.2 Å². The lowest BCUT2D eigenvalue weighted by Crippen LogP contribution is -2.08. The summed E-state index contributed by atoms with van der Waals surface area (Å²) in [6.07, 6.45) is 1.61. The Labute approximate surface area is 140 Å². The standard InChI is InChI=1S/C19H19N5/c1-12-9-17(23-13-5-4-6-14(10-13)24(2)3)18-15(22-12)7-8-16-19(18)21-11-20-16/h4-11,22-23H,1-3H3. The quantitative estimate of drug-likeness (QED) is 0.594. The van der Waals surface area contributed by atoms with Gasteiger partial charge in [-0.3, -0.25) is 0 Å². The molecule has 0 atom stereocenters. The molecule has 0 aliphatic heterocycles. The molecule has 5 heteroatoms. The third-order valence-corrected chi connectivity index (χ3v) is 4.14. The van der Waals surface area contributed by atoms with Crippen molar-refractivity contribution in [2.24, 2.45) is 0 Å². The summed E-state index contributed by atoms with van der Waals surface area (Å²) >= 11 is 0. The minimum Gasteiger partial charge on any atom is -0.378 e. The van der Waals surface area contributed by atoms with Crippen LogP contribution in [0.4, 0.5) is 17.1 Å². The minimum absolute atomic E-state index is 0.907. The van der Waals surface area contributed by atoms with Crippen LogP contribution in [0.1, 0.15) is 5.69 Å². The van der Waals surface area contributed by atoms with Crippen LogP contribution in [0.2, 0.25) is 0 Å². The Kier molecular flexibility index (Phi) is 3.34. The number of imidazole rings is 1. The smallest absolute Gasteiger partial charge is 0.116 e. The number of nitrogens with zero attached hydrogens (tertiary/aromatic N) is 3. The first kappa shape index (κ1) is 14.5. The number of H-pyrrole nitrogens is 1. The zero-order valence-electron chi connectivity index (χ0n) is 14.0. The van der Waals surface area contributed by atoms with E-state index in [4.69, 9.17) is 0 Å². The van der Waals surface area contributed by atoms with Gasteiger partial charge >= 0.3 is 0 Å². The lowest BCUT2D eigenvalue weighted by molar-refractivity contribution is 1.13. The Morgan fingerprint density at radius 1 is 1.04 bits per heavy atom. The van der Waals surface area contributed by atoms with Gasteiger partial charge in [0.05, 0.1) is 11.2 Å². The first-order valence-corrected chi connectivity index (χ1v) is 7.89. The van der Waals surface area contributed by atoms with Gasteiger partial charge in [0.1, 0.15) is 11.8 Å². The van der Waals surface area contributed by atoms with Gasteiger partial charge in [0.15, 0.2) is 0 Å². The van der Waals surface area contributed by atoms with Crippen LogP contribution in [0.25, 0.3) is 21.9 Å². The lowest BCUT2D eigenvalue weighted by Gasteiger charge is -2.16. The number of hydrogen-bond donors (Lipinski definition) is 2. The summed E-state index contributed by atoms with van der Waals surface area (Å²) in [6.45, 7) is 2.06. The maximum absolute atomic E-state index is 4.45. The lowest BCUT2D eigenvalue weighted by atomic mass is 10.1. The number of rotatable bonds is 3. The van der Waals surface area contributed by atoms with Gasteiger partial charge in [0.25, 0.3) is 0 Å². The number of fused-ring (bicyclic) bond motifs is 3. The van der Waals surface area contributed by atoms with Crippen molar-refractivity contribution in [3.63, 3.8) is 0 Å². The molecule has 0 spiro atoms. The molecule has 0 unspecified atom stereocenters. The molecule has 2 N–H and O–H groups in total. The molecule has 0 bridgehead atoms. The molecule has 0 aliphatic rings. The molecule has 0 saturated carbocycles. The molecule has 0 fully saturated rings. The zero-order valence-corrected chi connectivity index (χ0v) is 14.0. The number of aryl methyl sites for hydroxylation is 1. The third kappa shape index (κ3) is 2.44. The summed E-state index contributed by atoms with van der Waals surface area (Å²) in [7, 11) is 4.08. The maximum Gasteiger partial charge on any atom is 0.116 e. The number of nitrogens with one attached hydrogen (secondary N) is 2. The van der Waals surface area contributed by atoms with Gasteiger partial charge < -0.3 is 15.2 Å². The molecule has 4 rings (SSSR count). The largest absolute Gasteiger partial charge is 0.378 e. The van der Waals surface area contributed by atoms with Crippen LogP contribution in [0.3, 0.4) is 0 Å². The van der Waals surface area contributed by atoms with E-state index in [1.165, 1.54) is 0 Å². The average molecular weight is 317 g/mol. The van der Waals surface area contributed by atoms with Crippen LogP contribution in [0.5, 0.6) is 0 Å². The van der Waals surface area contributed by atoms with Crippen LogP contribution >= 0.6 is 0 Å². The minimum atomic E-state index is 0.907. The highest BCUT2D eigenvalue weighted by Crippen LogP contribution is 2.32. The van der Waals surface area contributed by atoms with Crippen molar-refractivity contribution < 1.29 is 0 Å². The van der Waals surface area contributed by atoms with Gasteiger partial charge in [-0.25, -0.2) is 9.97 Å². The molecular formula is C19H19N5. The fraction of sp³-hybridized carbons (Fsp3) is 0.158. The molecule has 0 amide bonds. The van der Waals surface area contributed by atoms with Crippen molar-refractivity contribution in [3.8, 4) is 0 Å². The topological polar surface area (TPSA) is 56.8 Å². The molecule has 4 aromatic rings. The van der Waals surface area contributed by atoms with E-state index in [1.54, 1.807) is 6.33 Å². The Morgan fingerprint density at radius 2 is 1.92 bits per heavy atom. The Morgan fingerprint density at radius 3 is 2.75 bits per heavy atom. The first-order chi connectivity index (χ1) is 11.6. The van der Waals surface area contributed by atoms with Crippen molar-refractivity contribution in [3.05, 3.63) is 54.5 Å². The average Bonchev–Trinajstić information content (AvgIpc) is 3.03. The van der Waals surface area contributed by atoms with E-state index in [2.05, 4.69) is 68.5 Å². The molecular weight excluding hydrogens is 298 g/mol. The molecule has 0 saturated heterocycles. The summed E-state index contributed by atoms with van der Waals surface area (Å²) in [4.78, 5) is 14.3. The summed E-state index contributed by atoms with van der Waals surface area (Å²) in [5.74, 6) is 0. The molecule has 0 aliphatic carbocycles. The third-order valence-electron chi connectivity index (χ3n) is 4.14. The van der Waals surface area contributed by atoms with E-state index < -0.39 is 0 Å². The van der Waals surface area contributed by atoms with Gasteiger partial charge in [-0.05, 0) is 43.3 Å². The van der Waals surface area contributed by atoms with Crippen molar-refractivity contribution in [1.29, 1.82) is 0 Å². The summed E-state index contributed by atoms with van der Waals surface area (Å²) < 4.78 is 0. The monoisotopic (exact) mass is 317 g/mol. The number of aromatic nitrogens is 3. The summed E-state index contributed by atoms with van der Waals surface area (Å²) in [5, 5.41) is 4.61. The van der Waals surface area contributed by atoms with Crippen LogP contribution in [-0.2, 0) is 0 Å². The maximum atomic E-state index is 4.45. The van der Waals surface area contributed by atoms with E-state index in [9.17, 15) is 0 Å². The number of benzene rings is 2. The van der Waals surface area contributed by atoms with Crippen molar-refractivity contribution in [2.45, 2.75) is 6.92 Å². The Hall–Kier alpha value is -3.08. The predicted octanol–water partition coefficient (Wildman–Crippen LogP) is 4.23. The molecule has 0 radical (unpaired) electrons. The van der Waals surface area contributed by atoms with Crippen molar-refractivity contribution >= 4 is 39.0 Å². The van der Waals surface area contributed by atoms with E-state index in [0.717, 1.165) is 44.7 Å². The number of aromatic amines is 1. The Balaban J connectivity index is 1.89. The molecule has 5 nitrogen and oxygen atoms in total. The highest BCUT2D eigenvalue weighted by molar-refractivity contribution is 6.10. The molecule has 24 heavy (non-hydrogen) atoms. The predicted molar refractivity (Wildman–Crippen MR) is 100 cm³/mol. The van der Waals surface area contributed by atoms with Gasteiger partial charge in [-0.2, -0.15) is 0 Å². The van der Waals surface area contributed by atoms with Crippen molar-refractivity contribution in [1.82, 2.24) is 15.0 Å². The van der Waals surface area contributed by atoms with Crippen LogP contribution in [0.15, 0.2) is 48.8 Å². The van der Waals surface area contributed by atoms with E-state index in [0.29, 0.717) is 0 Å². The van der Waals surface area contributed by atoms with E-state index in [-0.39, 0.29) is 0 Å². The zero-order chi connectivity index (χ0) is 16.7. The van der Waals surface area contributed by atoms with Gasteiger partial charge in [0, 0.05) is 42.1 Å². The van der Waals surface area contributed by atoms with Gasteiger partial charge in [0.2, 0.25) is 0 Å². The Bertz CT molecular complexity index is 1030. The first-order valence-electron chi connectivity index (χ1n) is 7.89. The van der Waals surface area contributed by atoms with Crippen LogP contribution < -0.4 is 10.2 Å². The van der Waals surface area contributed by atoms with Gasteiger partial charge in [-0.15, -0.1) is 0 Å². The van der Waals surface area contributed by atoms with Crippen molar-refractivity contribution in [2.75, 3.05) is 24.3 Å².